The number of rotatable bonds is 5. The van der Waals surface area contributed by atoms with Gasteiger partial charge in [-0.05, 0) is 12.8 Å². The lowest BCUT2D eigenvalue weighted by molar-refractivity contribution is -0.146. The number of aliphatic carboxylic acids is 1. The summed E-state index contributed by atoms with van der Waals surface area (Å²) in [6.07, 6.45) is 1.51. The SMILES string of the molecule is Cn1c(=O)c2[nH]c(C3CCCN(C(=O)COCC(=O)O)C3)nc2n(C)c1=O. The van der Waals surface area contributed by atoms with Crippen molar-refractivity contribution in [1.82, 2.24) is 24.0 Å². The second-order valence-corrected chi connectivity index (χ2v) is 6.59. The number of aryl methyl sites for hydroxylation is 1. The molecular formula is C16H21N5O6. The Morgan fingerprint density at radius 1 is 1.26 bits per heavy atom. The van der Waals surface area contributed by atoms with Gasteiger partial charge in [-0.25, -0.2) is 14.6 Å². The molecule has 11 nitrogen and oxygen atoms in total. The average Bonchev–Trinajstić information content (AvgIpc) is 3.10. The number of likely N-dealkylation sites (tertiary alicyclic amines) is 1. The second kappa shape index (κ2) is 7.35. The first-order valence-corrected chi connectivity index (χ1v) is 8.52. The number of nitrogens with zero attached hydrogens (tertiary/aromatic N) is 4. The Bertz CT molecular complexity index is 1000. The normalized spacial score (nSPS) is 17.4. The van der Waals surface area contributed by atoms with Crippen molar-refractivity contribution in [2.45, 2.75) is 18.8 Å². The third-order valence-corrected chi connectivity index (χ3v) is 4.72. The Balaban J connectivity index is 1.80. The van der Waals surface area contributed by atoms with Crippen LogP contribution in [0.25, 0.3) is 11.2 Å². The van der Waals surface area contributed by atoms with Gasteiger partial charge in [0, 0.05) is 33.1 Å². The summed E-state index contributed by atoms with van der Waals surface area (Å²) in [4.78, 5) is 56.0. The molecule has 1 atom stereocenters. The molecule has 3 heterocycles. The minimum absolute atomic E-state index is 0.116. The van der Waals surface area contributed by atoms with Crippen LogP contribution in [-0.2, 0) is 28.4 Å². The first-order chi connectivity index (χ1) is 12.8. The summed E-state index contributed by atoms with van der Waals surface area (Å²) in [5.74, 6) is -0.990. The van der Waals surface area contributed by atoms with Crippen molar-refractivity contribution < 1.29 is 19.4 Å². The minimum atomic E-state index is -1.13. The van der Waals surface area contributed by atoms with Crippen LogP contribution >= 0.6 is 0 Å². The molecule has 0 aliphatic carbocycles. The lowest BCUT2D eigenvalue weighted by Gasteiger charge is -2.31. The van der Waals surface area contributed by atoms with Crippen molar-refractivity contribution in [2.75, 3.05) is 26.3 Å². The molecule has 146 valence electrons. The van der Waals surface area contributed by atoms with E-state index in [1.54, 1.807) is 11.9 Å². The van der Waals surface area contributed by atoms with E-state index >= 15 is 0 Å². The first-order valence-electron chi connectivity index (χ1n) is 8.52. The quantitative estimate of drug-likeness (QED) is 0.663. The van der Waals surface area contributed by atoms with E-state index in [9.17, 15) is 19.2 Å². The van der Waals surface area contributed by atoms with E-state index in [-0.39, 0.29) is 29.6 Å². The molecule has 1 unspecified atom stereocenters. The maximum atomic E-state index is 12.3. The highest BCUT2D eigenvalue weighted by Crippen LogP contribution is 2.25. The highest BCUT2D eigenvalue weighted by atomic mass is 16.5. The van der Waals surface area contributed by atoms with Gasteiger partial charge in [-0.15, -0.1) is 0 Å². The lowest BCUT2D eigenvalue weighted by atomic mass is 9.97. The third-order valence-electron chi connectivity index (χ3n) is 4.72. The van der Waals surface area contributed by atoms with Gasteiger partial charge in [-0.3, -0.25) is 18.7 Å². The highest BCUT2D eigenvalue weighted by molar-refractivity contribution is 5.78. The molecule has 1 fully saturated rings. The number of H-pyrrole nitrogens is 1. The second-order valence-electron chi connectivity index (χ2n) is 6.59. The molecule has 1 aliphatic heterocycles. The number of nitrogens with one attached hydrogen (secondary N) is 1. The van der Waals surface area contributed by atoms with E-state index in [2.05, 4.69) is 9.97 Å². The molecule has 0 radical (unpaired) electrons. The van der Waals surface area contributed by atoms with E-state index in [1.165, 1.54) is 11.6 Å². The smallest absolute Gasteiger partial charge is 0.332 e. The number of aromatic amines is 1. The highest BCUT2D eigenvalue weighted by Gasteiger charge is 2.28. The summed E-state index contributed by atoms with van der Waals surface area (Å²) in [7, 11) is 2.95. The van der Waals surface area contributed by atoms with Gasteiger partial charge in [-0.2, -0.15) is 0 Å². The molecular weight excluding hydrogens is 358 g/mol. The van der Waals surface area contributed by atoms with Gasteiger partial charge in [-0.1, -0.05) is 0 Å². The number of aromatic nitrogens is 4. The van der Waals surface area contributed by atoms with Gasteiger partial charge in [0.15, 0.2) is 5.65 Å². The van der Waals surface area contributed by atoms with Gasteiger partial charge in [0.2, 0.25) is 5.91 Å². The van der Waals surface area contributed by atoms with Crippen LogP contribution in [0.3, 0.4) is 0 Å². The summed E-state index contributed by atoms with van der Waals surface area (Å²) in [6, 6.07) is 0. The largest absolute Gasteiger partial charge is 0.480 e. The van der Waals surface area contributed by atoms with Crippen molar-refractivity contribution in [2.24, 2.45) is 14.1 Å². The molecule has 2 N–H and O–H groups in total. The lowest BCUT2D eigenvalue weighted by Crippen LogP contribution is -2.41. The monoisotopic (exact) mass is 379 g/mol. The van der Waals surface area contributed by atoms with Crippen LogP contribution in [0, 0.1) is 0 Å². The number of carboxylic acid groups (broad SMARTS) is 1. The summed E-state index contributed by atoms with van der Waals surface area (Å²) >= 11 is 0. The zero-order valence-corrected chi connectivity index (χ0v) is 15.1. The standard InChI is InChI=1S/C16H21N5O6/c1-19-14-12(15(25)20(2)16(19)26)17-13(18-14)9-4-3-5-21(6-9)10(22)7-27-8-11(23)24/h9H,3-8H2,1-2H3,(H,17,18)(H,23,24). The minimum Gasteiger partial charge on any atom is -0.480 e. The molecule has 2 aromatic heterocycles. The van der Waals surface area contributed by atoms with Crippen LogP contribution < -0.4 is 11.2 Å². The van der Waals surface area contributed by atoms with E-state index in [1.807, 2.05) is 0 Å². The molecule has 0 aromatic carbocycles. The van der Waals surface area contributed by atoms with Crippen LogP contribution in [0.2, 0.25) is 0 Å². The molecule has 0 saturated carbocycles. The van der Waals surface area contributed by atoms with Crippen LogP contribution in [0.5, 0.6) is 0 Å². The van der Waals surface area contributed by atoms with Gasteiger partial charge < -0.3 is 19.7 Å². The van der Waals surface area contributed by atoms with Crippen LogP contribution in [0.15, 0.2) is 9.59 Å². The van der Waals surface area contributed by atoms with E-state index < -0.39 is 23.8 Å². The zero-order chi connectivity index (χ0) is 19.7. The van der Waals surface area contributed by atoms with Crippen LogP contribution in [-0.4, -0.2) is 67.3 Å². The average molecular weight is 379 g/mol. The molecule has 1 aliphatic rings. The van der Waals surface area contributed by atoms with Crippen molar-refractivity contribution in [3.05, 3.63) is 26.7 Å². The van der Waals surface area contributed by atoms with Crippen LogP contribution in [0.1, 0.15) is 24.6 Å². The Morgan fingerprint density at radius 3 is 2.70 bits per heavy atom. The number of piperidine rings is 1. The van der Waals surface area contributed by atoms with Crippen molar-refractivity contribution in [1.29, 1.82) is 0 Å². The number of amides is 1. The third kappa shape index (κ3) is 3.63. The fraction of sp³-hybridized carbons (Fsp3) is 0.562. The predicted molar refractivity (Wildman–Crippen MR) is 93.6 cm³/mol. The number of imidazole rings is 1. The molecule has 0 bridgehead atoms. The first kappa shape index (κ1) is 18.8. The Kier molecular flexibility index (Phi) is 5.13. The fourth-order valence-electron chi connectivity index (χ4n) is 3.28. The van der Waals surface area contributed by atoms with Gasteiger partial charge in [0.25, 0.3) is 5.56 Å². The molecule has 0 spiro atoms. The van der Waals surface area contributed by atoms with Crippen molar-refractivity contribution in [3.63, 3.8) is 0 Å². The summed E-state index contributed by atoms with van der Waals surface area (Å²) < 4.78 is 7.18. The number of hydrogen-bond donors (Lipinski definition) is 2. The summed E-state index contributed by atoms with van der Waals surface area (Å²) in [5, 5.41) is 8.57. The fourth-order valence-corrected chi connectivity index (χ4v) is 3.28. The van der Waals surface area contributed by atoms with Crippen molar-refractivity contribution in [3.8, 4) is 0 Å². The number of hydrogen-bond acceptors (Lipinski definition) is 6. The molecule has 2 aromatic rings. The summed E-state index contributed by atoms with van der Waals surface area (Å²) in [5.41, 5.74) is -0.367. The van der Waals surface area contributed by atoms with E-state index in [4.69, 9.17) is 9.84 Å². The van der Waals surface area contributed by atoms with Crippen molar-refractivity contribution >= 4 is 23.0 Å². The molecule has 3 rings (SSSR count). The number of fused-ring (bicyclic) bond motifs is 1. The predicted octanol–water partition coefficient (Wildman–Crippen LogP) is -1.23. The number of ether oxygens (including phenoxy) is 1. The maximum absolute atomic E-state index is 12.3. The number of carbonyl (C=O) groups is 2. The molecule has 1 saturated heterocycles. The molecule has 11 heteroatoms. The van der Waals surface area contributed by atoms with Gasteiger partial charge in [0.1, 0.15) is 24.6 Å². The van der Waals surface area contributed by atoms with Gasteiger partial charge in [0.05, 0.1) is 0 Å². The Morgan fingerprint density at radius 2 is 2.00 bits per heavy atom. The van der Waals surface area contributed by atoms with E-state index in [0.717, 1.165) is 17.4 Å². The zero-order valence-electron chi connectivity index (χ0n) is 15.1. The van der Waals surface area contributed by atoms with Gasteiger partial charge >= 0.3 is 11.7 Å². The molecule has 27 heavy (non-hydrogen) atoms. The Labute approximate surface area is 153 Å². The summed E-state index contributed by atoms with van der Waals surface area (Å²) in [6.45, 7) is 0.105. The Hall–Kier alpha value is -2.95. The van der Waals surface area contributed by atoms with E-state index in [0.29, 0.717) is 18.9 Å². The topological polar surface area (TPSA) is 140 Å². The molecule has 1 amide bonds. The number of carbonyl (C=O) groups excluding carboxylic acids is 1. The maximum Gasteiger partial charge on any atom is 0.332 e. The number of carboxylic acids is 1. The van der Waals surface area contributed by atoms with Crippen LogP contribution in [0.4, 0.5) is 0 Å².